The van der Waals surface area contributed by atoms with E-state index in [-0.39, 0.29) is 12.8 Å². The molecule has 0 aromatic rings. The topological polar surface area (TPSA) is 423 Å². The van der Waals surface area contributed by atoms with Crippen molar-refractivity contribution in [2.24, 2.45) is 22.9 Å². The summed E-state index contributed by atoms with van der Waals surface area (Å²) in [4.78, 5) is 106. The molecule has 0 saturated carbocycles. The second kappa shape index (κ2) is 44.6. The number of unbranched alkanes of at least 4 members (excludes halogenated alkanes) is 24. The van der Waals surface area contributed by atoms with Crippen LogP contribution in [0.25, 0.3) is 0 Å². The molecule has 1 saturated heterocycles. The molecular formula is C59H110N6O19P+. The molecule has 0 radical (unpaired) electrons. The zero-order valence-corrected chi connectivity index (χ0v) is 52.6. The van der Waals surface area contributed by atoms with Crippen LogP contribution in [0.4, 0.5) is 0 Å². The molecule has 15 N–H and O–H groups in total. The van der Waals surface area contributed by atoms with Crippen molar-refractivity contribution in [2.45, 2.75) is 306 Å². The number of rotatable bonds is 52. The number of ether oxygens (including phenoxy) is 4. The number of ketones is 1. The van der Waals surface area contributed by atoms with Gasteiger partial charge in [0.25, 0.3) is 0 Å². The molecule has 0 bridgehead atoms. The lowest BCUT2D eigenvalue weighted by atomic mass is 9.85. The van der Waals surface area contributed by atoms with Crippen molar-refractivity contribution in [1.29, 1.82) is 0 Å². The Morgan fingerprint density at radius 3 is 1.56 bits per heavy atom. The summed E-state index contributed by atoms with van der Waals surface area (Å²) in [6, 6.07) is -3.25. The molecule has 0 spiro atoms. The van der Waals surface area contributed by atoms with Crippen LogP contribution in [0.15, 0.2) is 0 Å². The average Bonchev–Trinajstić information content (AvgIpc) is 1.65. The minimum absolute atomic E-state index is 0.0481. The first-order chi connectivity index (χ1) is 40.4. The first kappa shape index (κ1) is 79.2. The summed E-state index contributed by atoms with van der Waals surface area (Å²) in [5, 5.41) is 54.9. The number of hydrogen-bond acceptors (Lipinski definition) is 20. The molecule has 26 heteroatoms. The van der Waals surface area contributed by atoms with Crippen LogP contribution in [-0.4, -0.2) is 175 Å². The van der Waals surface area contributed by atoms with E-state index in [1.54, 1.807) is 0 Å². The third kappa shape index (κ3) is 29.8. The Morgan fingerprint density at radius 1 is 0.729 bits per heavy atom. The van der Waals surface area contributed by atoms with Crippen LogP contribution in [0.3, 0.4) is 0 Å². The molecule has 0 aromatic heterocycles. The highest BCUT2D eigenvalue weighted by atomic mass is 31.1. The number of carbonyl (C=O) groups excluding carboxylic acids is 6. The van der Waals surface area contributed by atoms with E-state index in [4.69, 9.17) is 46.4 Å². The summed E-state index contributed by atoms with van der Waals surface area (Å²) >= 11 is 0. The fraction of sp³-hybridized carbons (Fsp3) is 0.881. The number of carbonyl (C=O) groups is 7. The second-order valence-corrected chi connectivity index (χ2v) is 23.9. The van der Waals surface area contributed by atoms with Crippen LogP contribution >= 0.6 is 8.25 Å². The summed E-state index contributed by atoms with van der Waals surface area (Å²) in [6.45, 7) is 4.44. The standard InChI is InChI=1S/C59H109N6O19P/c1-6-8-10-12-14-16-18-20-22-24-26-28-30-32-48(70)81-46(40-67)53(83-49(71)33-31-29-27-25-23-21-19-17-15-13-11-9-7-2)58(5,63)56(75)64-44(54(62)73)34-35-47(69)65(59(42(4)68,57(76)77)36-43(37-60)84-85(78)79)38-41(3)80-52-50(61)55(74)82-45(39-66)51(52)72/h41,43-46,50-53,55,66-67,72,74H,6-40,60-61,63H2,1-5H3,(H4-,62,64,73,75,76,77,78,79)/p+1/t41?,43-,44+,45+,46-,50+,51+,52+,53?,55-,58+,59+/m0/s1. The van der Waals surface area contributed by atoms with Crippen molar-refractivity contribution in [3.8, 4) is 0 Å². The first-order valence-electron chi connectivity index (χ1n) is 31.4. The van der Waals surface area contributed by atoms with Crippen LogP contribution in [0.2, 0.25) is 0 Å². The first-order valence-corrected chi connectivity index (χ1v) is 32.5. The van der Waals surface area contributed by atoms with Gasteiger partial charge in [0.15, 0.2) is 24.3 Å². The number of nitrogens with one attached hydrogen (secondary N) is 1. The third-order valence-electron chi connectivity index (χ3n) is 15.9. The highest BCUT2D eigenvalue weighted by Crippen LogP contribution is 2.32. The van der Waals surface area contributed by atoms with E-state index in [1.807, 2.05) is 0 Å². The molecule has 0 aromatic carbocycles. The number of aliphatic hydroxyl groups is 4. The van der Waals surface area contributed by atoms with Gasteiger partial charge < -0.3 is 77.6 Å². The van der Waals surface area contributed by atoms with E-state index < -0.39 is 167 Å². The van der Waals surface area contributed by atoms with E-state index in [0.717, 1.165) is 71.6 Å². The average molecular weight is 1240 g/mol. The molecule has 1 heterocycles. The highest BCUT2D eigenvalue weighted by molar-refractivity contribution is 7.32. The summed E-state index contributed by atoms with van der Waals surface area (Å²) in [7, 11) is -3.43. The Bertz CT molecular complexity index is 1940. The number of carboxylic acid groups (broad SMARTS) is 1. The van der Waals surface area contributed by atoms with Gasteiger partial charge in [0.1, 0.15) is 36.0 Å². The summed E-state index contributed by atoms with van der Waals surface area (Å²) in [5.41, 5.74) is 19.0. The van der Waals surface area contributed by atoms with Gasteiger partial charge in [-0.25, -0.2) is 4.79 Å². The molecule has 3 amide bonds. The lowest BCUT2D eigenvalue weighted by Crippen LogP contribution is -2.67. The van der Waals surface area contributed by atoms with Crippen molar-refractivity contribution >= 4 is 49.7 Å². The summed E-state index contributed by atoms with van der Waals surface area (Å²) in [5.74, 6) is -8.36. The van der Waals surface area contributed by atoms with Crippen molar-refractivity contribution in [3.05, 3.63) is 0 Å². The Hall–Kier alpha value is -3.85. The van der Waals surface area contributed by atoms with Crippen molar-refractivity contribution in [2.75, 3.05) is 26.3 Å². The van der Waals surface area contributed by atoms with E-state index in [0.29, 0.717) is 24.2 Å². The van der Waals surface area contributed by atoms with Gasteiger partial charge in [-0.3, -0.25) is 28.8 Å². The number of aliphatic hydroxyl groups excluding tert-OH is 4. The monoisotopic (exact) mass is 1240 g/mol. The lowest BCUT2D eigenvalue weighted by Gasteiger charge is -2.44. The largest absolute Gasteiger partial charge is 0.695 e. The quantitative estimate of drug-likeness (QED) is 0.0165. The highest BCUT2D eigenvalue weighted by Gasteiger charge is 2.55. The molecule has 1 aliphatic heterocycles. The van der Waals surface area contributed by atoms with Crippen LogP contribution < -0.4 is 28.3 Å². The number of nitrogens with two attached hydrogens (primary N) is 4. The molecule has 25 nitrogen and oxygen atoms in total. The Kier molecular flexibility index (Phi) is 41.5. The van der Waals surface area contributed by atoms with Gasteiger partial charge in [0.2, 0.25) is 23.3 Å². The number of aliphatic carboxylic acids is 1. The number of Topliss-reactive ketones (excluding diaryl/α,β-unsaturated/α-hetero) is 1. The van der Waals surface area contributed by atoms with Crippen LogP contribution in [0.1, 0.15) is 234 Å². The van der Waals surface area contributed by atoms with Gasteiger partial charge >= 0.3 is 26.2 Å². The number of nitrogens with zero attached hydrogens (tertiary/aromatic N) is 1. The van der Waals surface area contributed by atoms with Gasteiger partial charge in [-0.05, 0) is 40.0 Å². The summed E-state index contributed by atoms with van der Waals surface area (Å²) < 4.78 is 39.3. The number of primary amides is 1. The predicted molar refractivity (Wildman–Crippen MR) is 318 cm³/mol. The molecule has 494 valence electrons. The smallest absolute Gasteiger partial charge is 0.479 e. The van der Waals surface area contributed by atoms with Gasteiger partial charge in [0, 0.05) is 43.3 Å². The van der Waals surface area contributed by atoms with Crippen LogP contribution in [0, 0.1) is 0 Å². The van der Waals surface area contributed by atoms with Gasteiger partial charge in [-0.15, -0.1) is 9.42 Å². The number of hydrogen-bond donors (Lipinski definition) is 11. The Morgan fingerprint density at radius 2 is 1.18 bits per heavy atom. The molecule has 13 atom stereocenters. The van der Waals surface area contributed by atoms with E-state index in [1.165, 1.54) is 96.8 Å². The number of carboxylic acids is 1. The Labute approximate surface area is 505 Å². The number of amides is 3. The molecule has 1 rings (SSSR count). The van der Waals surface area contributed by atoms with Crippen molar-refractivity contribution in [3.63, 3.8) is 0 Å². The maximum atomic E-state index is 14.6. The predicted octanol–water partition coefficient (Wildman–Crippen LogP) is 5.03. The SMILES string of the molecule is CCCCCCCCCCCCCCCC(=O)OC([C@H](CO)OC(=O)CCCCCCCCCCCCCCC)[C@@](C)(N)C(=O)N[C@H](CCC(=O)N(CC(C)O[C@@H]1[C@@H](N)[C@@H](O)O[C@H](CO)[C@H]1O)[C@](C[C@@H](CN)O[P+](=O)O)(C(C)=O)C(=O)O)C(N)=O. The third-order valence-corrected chi connectivity index (χ3v) is 16.4. The maximum Gasteiger partial charge on any atom is 0.695 e. The lowest BCUT2D eigenvalue weighted by molar-refractivity contribution is -0.263. The Balaban J connectivity index is 3.43. The number of esters is 2. The fourth-order valence-electron chi connectivity index (χ4n) is 10.6. The molecule has 0 aliphatic carbocycles. The van der Waals surface area contributed by atoms with Crippen molar-refractivity contribution < 1.29 is 92.0 Å². The zero-order valence-electron chi connectivity index (χ0n) is 51.7. The molecule has 85 heavy (non-hydrogen) atoms. The van der Waals surface area contributed by atoms with Crippen LogP contribution in [-0.2, 0) is 61.6 Å². The van der Waals surface area contributed by atoms with E-state index >= 15 is 0 Å². The minimum atomic E-state index is -3.43. The van der Waals surface area contributed by atoms with E-state index in [2.05, 4.69) is 19.2 Å². The maximum absolute atomic E-state index is 14.6. The van der Waals surface area contributed by atoms with Crippen molar-refractivity contribution in [1.82, 2.24) is 10.2 Å². The normalized spacial score (nSPS) is 20.4. The molecular weight excluding hydrogens is 1130 g/mol. The van der Waals surface area contributed by atoms with Gasteiger partial charge in [-0.2, -0.15) is 0 Å². The van der Waals surface area contributed by atoms with Gasteiger partial charge in [0.05, 0.1) is 25.4 Å². The zero-order chi connectivity index (χ0) is 64.0. The molecule has 1 fully saturated rings. The minimum Gasteiger partial charge on any atom is -0.479 e. The fourth-order valence-corrected chi connectivity index (χ4v) is 11.1. The summed E-state index contributed by atoms with van der Waals surface area (Å²) in [6.07, 6.45) is 12.3. The van der Waals surface area contributed by atoms with Gasteiger partial charge in [-0.1, -0.05) is 168 Å². The second-order valence-electron chi connectivity index (χ2n) is 23.2. The molecule has 1 aliphatic rings. The van der Waals surface area contributed by atoms with E-state index in [9.17, 15) is 68.6 Å². The van der Waals surface area contributed by atoms with Crippen LogP contribution in [0.5, 0.6) is 0 Å². The molecule has 3 unspecified atom stereocenters.